The lowest BCUT2D eigenvalue weighted by molar-refractivity contribution is 0.299. The molecule has 1 aliphatic rings. The van der Waals surface area contributed by atoms with Gasteiger partial charge in [-0.2, -0.15) is 4.28 Å². The van der Waals surface area contributed by atoms with E-state index >= 15 is 0 Å². The van der Waals surface area contributed by atoms with Crippen LogP contribution in [0.25, 0.3) is 0 Å². The lowest BCUT2D eigenvalue weighted by Gasteiger charge is -1.99. The highest BCUT2D eigenvalue weighted by atomic mass is 32.2. The third-order valence-electron chi connectivity index (χ3n) is 0.937. The van der Waals surface area contributed by atoms with Gasteiger partial charge in [0.05, 0.1) is 0 Å². The summed E-state index contributed by atoms with van der Waals surface area (Å²) in [6, 6.07) is 0. The van der Waals surface area contributed by atoms with Gasteiger partial charge in [-0.1, -0.05) is 13.8 Å². The molecule has 1 heterocycles. The van der Waals surface area contributed by atoms with Crippen molar-refractivity contribution >= 4 is 17.1 Å². The highest BCUT2D eigenvalue weighted by Gasteiger charge is 2.15. The molecule has 0 bridgehead atoms. The Balaban J connectivity index is 0.000000810. The monoisotopic (exact) mass is 150 g/mol. The number of rotatable bonds is 1. The van der Waals surface area contributed by atoms with E-state index in [9.17, 15) is 4.21 Å². The highest BCUT2D eigenvalue weighted by Crippen LogP contribution is 2.02. The van der Waals surface area contributed by atoms with Crippen LogP contribution in [0.5, 0.6) is 0 Å². The maximum absolute atomic E-state index is 10.4. The van der Waals surface area contributed by atoms with Crippen LogP contribution < -0.4 is 5.48 Å². The van der Waals surface area contributed by atoms with E-state index in [0.717, 1.165) is 0 Å². The van der Waals surface area contributed by atoms with Crippen molar-refractivity contribution in [1.82, 2.24) is 5.48 Å². The predicted molar refractivity (Wildman–Crippen MR) is 36.8 cm³/mol. The van der Waals surface area contributed by atoms with E-state index in [1.807, 2.05) is 13.8 Å². The van der Waals surface area contributed by atoms with Crippen LogP contribution in [0.15, 0.2) is 4.40 Å². The molecule has 54 valence electrons. The van der Waals surface area contributed by atoms with Crippen molar-refractivity contribution in [2.45, 2.75) is 13.8 Å². The van der Waals surface area contributed by atoms with Crippen molar-refractivity contribution in [3.8, 4) is 0 Å². The molecule has 9 heavy (non-hydrogen) atoms. The van der Waals surface area contributed by atoms with Crippen LogP contribution >= 0.6 is 0 Å². The van der Waals surface area contributed by atoms with Crippen LogP contribution in [0.4, 0.5) is 0 Å². The van der Waals surface area contributed by atoms with Gasteiger partial charge in [0.2, 0.25) is 0 Å². The van der Waals surface area contributed by atoms with E-state index < -0.39 is 11.3 Å². The molecule has 0 aliphatic carbocycles. The number of hydrogen-bond acceptors (Lipinski definition) is 3. The Morgan fingerprint density at radius 3 is 2.78 bits per heavy atom. The van der Waals surface area contributed by atoms with Crippen molar-refractivity contribution in [2.24, 2.45) is 10.3 Å². The fourth-order valence-corrected chi connectivity index (χ4v) is 1.02. The van der Waals surface area contributed by atoms with Crippen LogP contribution in [-0.4, -0.2) is 10.0 Å². The van der Waals surface area contributed by atoms with Crippen LogP contribution in [0.3, 0.4) is 0 Å². The largest absolute Gasteiger partial charge is 0.309 e. The lowest BCUT2D eigenvalue weighted by Crippen LogP contribution is -2.21. The van der Waals surface area contributed by atoms with Gasteiger partial charge in [0, 0.05) is 7.34 Å². The summed E-state index contributed by atoms with van der Waals surface area (Å²) in [5.41, 5.74) is 2.46. The Kier molecular flexibility index (Phi) is 1.82. The molecule has 0 aromatic heterocycles. The molecule has 0 saturated carbocycles. The maximum atomic E-state index is 10.4. The maximum Gasteiger partial charge on any atom is 0.309 e. The van der Waals surface area contributed by atoms with E-state index in [1.54, 1.807) is 0 Å². The minimum Gasteiger partial charge on any atom is -0.235 e. The topological polar surface area (TPSA) is 50.7 Å². The van der Waals surface area contributed by atoms with Crippen molar-refractivity contribution in [2.75, 3.05) is 0 Å². The third-order valence-corrected chi connectivity index (χ3v) is 1.51. The molecule has 4 nitrogen and oxygen atoms in total. The molecule has 1 N–H and O–H groups in total. The van der Waals surface area contributed by atoms with Crippen LogP contribution in [0, 0.1) is 5.92 Å². The first-order valence-electron chi connectivity index (χ1n) is 2.64. The second-order valence-corrected chi connectivity index (χ2v) is 2.82. The molecule has 5 heteroatoms. The van der Waals surface area contributed by atoms with Crippen molar-refractivity contribution < 1.29 is 9.92 Å². The molecule has 0 fully saturated rings. The summed E-state index contributed by atoms with van der Waals surface area (Å²) >= 11 is -1.50. The minimum atomic E-state index is -1.50. The van der Waals surface area contributed by atoms with E-state index in [0.29, 0.717) is 5.84 Å². The second kappa shape index (κ2) is 2.45. The molecule has 0 aromatic carbocycles. The van der Waals surface area contributed by atoms with Crippen molar-refractivity contribution in [1.29, 1.82) is 0 Å². The fourth-order valence-electron chi connectivity index (χ4n) is 0.419. The first-order valence-corrected chi connectivity index (χ1v) is 3.67. The van der Waals surface area contributed by atoms with E-state index in [4.69, 9.17) is 0 Å². The first kappa shape index (κ1) is 6.70. The molecule has 0 radical (unpaired) electrons. The molecular formula is C4H10N2O2S. The fraction of sp³-hybridized carbons (Fsp3) is 0.750. The van der Waals surface area contributed by atoms with Gasteiger partial charge in [0.25, 0.3) is 0 Å². The van der Waals surface area contributed by atoms with Crippen molar-refractivity contribution in [3.05, 3.63) is 0 Å². The van der Waals surface area contributed by atoms with Gasteiger partial charge >= 0.3 is 11.3 Å². The van der Waals surface area contributed by atoms with Gasteiger partial charge in [0.15, 0.2) is 0 Å². The predicted octanol–water partition coefficient (Wildman–Crippen LogP) is 0.400. The molecule has 1 unspecified atom stereocenters. The summed E-state index contributed by atoms with van der Waals surface area (Å²) in [7, 11) is 0. The second-order valence-electron chi connectivity index (χ2n) is 2.03. The SMILES string of the molecule is CC(C)C1=NS(=O)ON1.[HH]. The molecule has 0 amide bonds. The quantitative estimate of drug-likeness (QED) is 0.588. The van der Waals surface area contributed by atoms with E-state index in [1.165, 1.54) is 0 Å². The third kappa shape index (κ3) is 1.49. The van der Waals surface area contributed by atoms with Crippen LogP contribution in [0.1, 0.15) is 15.3 Å². The molecule has 0 saturated heterocycles. The first-order chi connectivity index (χ1) is 4.20. The molecular weight excluding hydrogens is 140 g/mol. The van der Waals surface area contributed by atoms with Crippen molar-refractivity contribution in [3.63, 3.8) is 0 Å². The summed E-state index contributed by atoms with van der Waals surface area (Å²) in [6.45, 7) is 3.88. The Bertz CT molecular complexity index is 171. The van der Waals surface area contributed by atoms with Gasteiger partial charge in [-0.15, -0.1) is 4.40 Å². The number of amidine groups is 1. The molecule has 1 aliphatic heterocycles. The number of nitrogens with one attached hydrogen (secondary N) is 1. The van der Waals surface area contributed by atoms with Gasteiger partial charge in [0.1, 0.15) is 5.84 Å². The zero-order chi connectivity index (χ0) is 6.85. The standard InChI is InChI=1S/C4H8N2O2S.H2/c1-3(2)4-5-8-9(7)6-4;/h3H,1-2H3,(H,5,6);1H. The molecule has 1 atom stereocenters. The molecule has 1 rings (SSSR count). The summed E-state index contributed by atoms with van der Waals surface area (Å²) in [6.07, 6.45) is 0. The number of hydroxylamine groups is 1. The normalized spacial score (nSPS) is 26.1. The highest BCUT2D eigenvalue weighted by molar-refractivity contribution is 7.79. The van der Waals surface area contributed by atoms with E-state index in [-0.39, 0.29) is 7.34 Å². The van der Waals surface area contributed by atoms with Gasteiger partial charge in [-0.05, 0) is 0 Å². The van der Waals surface area contributed by atoms with E-state index in [2.05, 4.69) is 14.2 Å². The summed E-state index contributed by atoms with van der Waals surface area (Å²) in [5, 5.41) is 0. The average molecular weight is 150 g/mol. The molecule has 0 spiro atoms. The van der Waals surface area contributed by atoms with Gasteiger partial charge < -0.3 is 0 Å². The lowest BCUT2D eigenvalue weighted by atomic mass is 10.2. The summed E-state index contributed by atoms with van der Waals surface area (Å²) in [5.74, 6) is 0.893. The van der Waals surface area contributed by atoms with Gasteiger partial charge in [-0.25, -0.2) is 9.69 Å². The van der Waals surface area contributed by atoms with Crippen LogP contribution in [0.2, 0.25) is 0 Å². The Hall–Kier alpha value is -0.420. The Morgan fingerprint density at radius 2 is 2.56 bits per heavy atom. The Labute approximate surface area is 57.5 Å². The summed E-state index contributed by atoms with van der Waals surface area (Å²) < 4.78 is 18.5. The van der Waals surface area contributed by atoms with Gasteiger partial charge in [-0.3, -0.25) is 0 Å². The van der Waals surface area contributed by atoms with Crippen LogP contribution in [-0.2, 0) is 15.6 Å². The summed E-state index contributed by atoms with van der Waals surface area (Å²) in [4.78, 5) is 0. The molecule has 0 aromatic rings. The number of nitrogens with zero attached hydrogens (tertiary/aromatic N) is 1. The average Bonchev–Trinajstić information content (AvgIpc) is 2.14. The zero-order valence-electron chi connectivity index (χ0n) is 5.25. The zero-order valence-corrected chi connectivity index (χ0v) is 6.07. The Morgan fingerprint density at radius 1 is 1.89 bits per heavy atom. The minimum absolute atomic E-state index is 0. The number of hydrogen-bond donors (Lipinski definition) is 1. The smallest absolute Gasteiger partial charge is 0.235 e.